The molecule has 2 nitrogen and oxygen atoms in total. The fourth-order valence-corrected chi connectivity index (χ4v) is 2.59. The first kappa shape index (κ1) is 13.6. The molecule has 0 amide bonds. The molecule has 0 spiro atoms. The van der Waals surface area contributed by atoms with E-state index in [9.17, 15) is 4.79 Å². The van der Waals surface area contributed by atoms with Crippen molar-refractivity contribution in [2.24, 2.45) is 0 Å². The number of Topliss-reactive ketones (excluding diaryl/α,β-unsaturated/α-hetero) is 1. The van der Waals surface area contributed by atoms with E-state index in [0.717, 1.165) is 29.7 Å². The van der Waals surface area contributed by atoms with E-state index in [-0.39, 0.29) is 11.9 Å². The normalized spacial score (nSPS) is 20.5. The van der Waals surface area contributed by atoms with Gasteiger partial charge >= 0.3 is 0 Å². The minimum Gasteiger partial charge on any atom is -0.490 e. The van der Waals surface area contributed by atoms with E-state index in [1.165, 1.54) is 0 Å². The van der Waals surface area contributed by atoms with Crippen LogP contribution < -0.4 is 4.74 Å². The SMILES string of the molecule is O=C1CC(Oc2ccccc2)CC/C1=C/c1ccccc1. The van der Waals surface area contributed by atoms with Gasteiger partial charge in [0.05, 0.1) is 0 Å². The predicted octanol–water partition coefficient (Wildman–Crippen LogP) is 4.27. The van der Waals surface area contributed by atoms with Crippen molar-refractivity contribution in [3.05, 3.63) is 71.8 Å². The number of benzene rings is 2. The molecule has 0 radical (unpaired) electrons. The molecule has 0 saturated heterocycles. The molecule has 1 saturated carbocycles. The number of carbonyl (C=O) groups excluding carboxylic acids is 1. The molecule has 0 aliphatic heterocycles. The van der Waals surface area contributed by atoms with Crippen molar-refractivity contribution in [1.82, 2.24) is 0 Å². The highest BCUT2D eigenvalue weighted by Crippen LogP contribution is 2.26. The first-order valence-electron chi connectivity index (χ1n) is 7.32. The van der Waals surface area contributed by atoms with Crippen LogP contribution in [-0.2, 0) is 4.79 Å². The van der Waals surface area contributed by atoms with Gasteiger partial charge in [0.25, 0.3) is 0 Å². The summed E-state index contributed by atoms with van der Waals surface area (Å²) >= 11 is 0. The minimum absolute atomic E-state index is 0.00665. The Hall–Kier alpha value is -2.35. The highest BCUT2D eigenvalue weighted by Gasteiger charge is 2.24. The number of carbonyl (C=O) groups is 1. The van der Waals surface area contributed by atoms with Gasteiger partial charge in [0.1, 0.15) is 11.9 Å². The molecule has 106 valence electrons. The van der Waals surface area contributed by atoms with Crippen LogP contribution in [0.4, 0.5) is 0 Å². The van der Waals surface area contributed by atoms with Gasteiger partial charge in [-0.25, -0.2) is 0 Å². The molecule has 1 aliphatic rings. The molecule has 1 atom stereocenters. The molecule has 0 heterocycles. The Kier molecular flexibility index (Phi) is 4.15. The van der Waals surface area contributed by atoms with Gasteiger partial charge in [-0.05, 0) is 42.2 Å². The Morgan fingerprint density at radius 1 is 0.952 bits per heavy atom. The van der Waals surface area contributed by atoms with Gasteiger partial charge in [-0.1, -0.05) is 48.5 Å². The molecule has 0 N–H and O–H groups in total. The Morgan fingerprint density at radius 2 is 1.62 bits per heavy atom. The molecule has 1 unspecified atom stereocenters. The smallest absolute Gasteiger partial charge is 0.162 e. The quantitative estimate of drug-likeness (QED) is 0.784. The molecule has 2 aromatic carbocycles. The summed E-state index contributed by atoms with van der Waals surface area (Å²) in [5, 5.41) is 0. The van der Waals surface area contributed by atoms with E-state index >= 15 is 0 Å². The van der Waals surface area contributed by atoms with Crippen LogP contribution in [0.25, 0.3) is 6.08 Å². The van der Waals surface area contributed by atoms with E-state index in [0.29, 0.717) is 6.42 Å². The second-order valence-corrected chi connectivity index (χ2v) is 5.30. The fourth-order valence-electron chi connectivity index (χ4n) is 2.59. The molecule has 1 aliphatic carbocycles. The summed E-state index contributed by atoms with van der Waals surface area (Å²) in [5.74, 6) is 1.04. The van der Waals surface area contributed by atoms with Crippen LogP contribution in [0, 0.1) is 0 Å². The standard InChI is InChI=1S/C19H18O2/c20-19-14-18(21-17-9-5-2-6-10-17)12-11-16(19)13-15-7-3-1-4-8-15/h1-10,13,18H,11-12,14H2/b16-13-. The van der Waals surface area contributed by atoms with E-state index in [1.54, 1.807) is 0 Å². The van der Waals surface area contributed by atoms with Crippen molar-refractivity contribution in [3.8, 4) is 5.75 Å². The summed E-state index contributed by atoms with van der Waals surface area (Å²) in [5.41, 5.74) is 2.00. The third-order valence-electron chi connectivity index (χ3n) is 3.69. The van der Waals surface area contributed by atoms with Gasteiger partial charge in [-0.2, -0.15) is 0 Å². The molecule has 2 heteroatoms. The zero-order chi connectivity index (χ0) is 14.5. The molecule has 2 aromatic rings. The average molecular weight is 278 g/mol. The Balaban J connectivity index is 1.65. The van der Waals surface area contributed by atoms with Crippen LogP contribution in [0.1, 0.15) is 24.8 Å². The van der Waals surface area contributed by atoms with Gasteiger partial charge < -0.3 is 4.74 Å². The molecule has 1 fully saturated rings. The monoisotopic (exact) mass is 278 g/mol. The van der Waals surface area contributed by atoms with Crippen molar-refractivity contribution >= 4 is 11.9 Å². The summed E-state index contributed by atoms with van der Waals surface area (Å²) in [7, 11) is 0. The van der Waals surface area contributed by atoms with E-state index < -0.39 is 0 Å². The van der Waals surface area contributed by atoms with E-state index in [2.05, 4.69) is 0 Å². The number of hydrogen-bond donors (Lipinski definition) is 0. The lowest BCUT2D eigenvalue weighted by Gasteiger charge is -2.24. The molecule has 3 rings (SSSR count). The number of para-hydroxylation sites is 1. The number of ether oxygens (including phenoxy) is 1. The second kappa shape index (κ2) is 6.40. The first-order chi connectivity index (χ1) is 10.3. The van der Waals surface area contributed by atoms with Crippen LogP contribution >= 0.6 is 0 Å². The topological polar surface area (TPSA) is 26.3 Å². The molecule has 21 heavy (non-hydrogen) atoms. The molecule has 0 aromatic heterocycles. The largest absolute Gasteiger partial charge is 0.490 e. The summed E-state index contributed by atoms with van der Waals surface area (Å²) < 4.78 is 5.88. The first-order valence-corrected chi connectivity index (χ1v) is 7.32. The molecular formula is C19H18O2. The predicted molar refractivity (Wildman–Crippen MR) is 84.1 cm³/mol. The lowest BCUT2D eigenvalue weighted by Crippen LogP contribution is -2.26. The maximum Gasteiger partial charge on any atom is 0.162 e. The van der Waals surface area contributed by atoms with E-state index in [1.807, 2.05) is 66.7 Å². The maximum absolute atomic E-state index is 12.3. The van der Waals surface area contributed by atoms with Gasteiger partial charge in [-0.3, -0.25) is 4.79 Å². The molecule has 0 bridgehead atoms. The Labute approximate surface area is 125 Å². The van der Waals surface area contributed by atoms with Crippen LogP contribution in [0.3, 0.4) is 0 Å². The van der Waals surface area contributed by atoms with Crippen molar-refractivity contribution in [1.29, 1.82) is 0 Å². The van der Waals surface area contributed by atoms with Gasteiger partial charge in [0.15, 0.2) is 5.78 Å². The highest BCUT2D eigenvalue weighted by atomic mass is 16.5. The summed E-state index contributed by atoms with van der Waals surface area (Å²) in [6.07, 6.45) is 4.13. The summed E-state index contributed by atoms with van der Waals surface area (Å²) in [4.78, 5) is 12.3. The van der Waals surface area contributed by atoms with Crippen LogP contribution in [0.5, 0.6) is 5.75 Å². The number of rotatable bonds is 3. The number of hydrogen-bond acceptors (Lipinski definition) is 2. The van der Waals surface area contributed by atoms with E-state index in [4.69, 9.17) is 4.74 Å². The van der Waals surface area contributed by atoms with Crippen molar-refractivity contribution in [2.45, 2.75) is 25.4 Å². The zero-order valence-corrected chi connectivity index (χ0v) is 11.9. The van der Waals surface area contributed by atoms with Crippen LogP contribution in [0.15, 0.2) is 66.2 Å². The zero-order valence-electron chi connectivity index (χ0n) is 11.9. The third-order valence-corrected chi connectivity index (χ3v) is 3.69. The van der Waals surface area contributed by atoms with Crippen LogP contribution in [0.2, 0.25) is 0 Å². The second-order valence-electron chi connectivity index (χ2n) is 5.30. The molecular weight excluding hydrogens is 260 g/mol. The lowest BCUT2D eigenvalue weighted by molar-refractivity contribution is -0.118. The number of ketones is 1. The lowest BCUT2D eigenvalue weighted by atomic mass is 9.90. The van der Waals surface area contributed by atoms with Crippen molar-refractivity contribution in [3.63, 3.8) is 0 Å². The van der Waals surface area contributed by atoms with Crippen molar-refractivity contribution in [2.75, 3.05) is 0 Å². The Bertz CT molecular complexity index is 629. The van der Waals surface area contributed by atoms with Crippen LogP contribution in [-0.4, -0.2) is 11.9 Å². The maximum atomic E-state index is 12.3. The third kappa shape index (κ3) is 3.60. The number of allylic oxidation sites excluding steroid dienone is 1. The Morgan fingerprint density at radius 3 is 2.29 bits per heavy atom. The minimum atomic E-state index is -0.00665. The van der Waals surface area contributed by atoms with Gasteiger partial charge in [-0.15, -0.1) is 0 Å². The van der Waals surface area contributed by atoms with Gasteiger partial charge in [0.2, 0.25) is 0 Å². The highest BCUT2D eigenvalue weighted by molar-refractivity contribution is 6.00. The van der Waals surface area contributed by atoms with Crippen molar-refractivity contribution < 1.29 is 9.53 Å². The summed E-state index contributed by atoms with van der Waals surface area (Å²) in [6, 6.07) is 19.7. The summed E-state index contributed by atoms with van der Waals surface area (Å²) in [6.45, 7) is 0. The average Bonchev–Trinajstić information content (AvgIpc) is 2.52. The fraction of sp³-hybridized carbons (Fsp3) is 0.211. The van der Waals surface area contributed by atoms with Gasteiger partial charge in [0, 0.05) is 6.42 Å².